The first-order valence-corrected chi connectivity index (χ1v) is 10.7. The predicted octanol–water partition coefficient (Wildman–Crippen LogP) is 4.37. The van der Waals surface area contributed by atoms with Crippen LogP contribution in [0, 0.1) is 0 Å². The lowest BCUT2D eigenvalue weighted by molar-refractivity contribution is 0.944. The summed E-state index contributed by atoms with van der Waals surface area (Å²) in [6.07, 6.45) is 1.96. The van der Waals surface area contributed by atoms with Crippen molar-refractivity contribution < 1.29 is 0 Å². The summed E-state index contributed by atoms with van der Waals surface area (Å²) in [6, 6.07) is 7.72. The Balaban J connectivity index is 1.46. The Bertz CT molecular complexity index is 761. The number of hydrogen-bond donors (Lipinski definition) is 1. The number of hydrogen-bond acceptors (Lipinski definition) is 6. The fourth-order valence-electron chi connectivity index (χ4n) is 2.39. The molecule has 1 N–H and O–H groups in total. The minimum Gasteiger partial charge on any atom is -0.359 e. The number of benzene rings is 1. The van der Waals surface area contributed by atoms with Crippen LogP contribution in [0.25, 0.3) is 16.2 Å². The zero-order valence-corrected chi connectivity index (χ0v) is 15.4. The van der Waals surface area contributed by atoms with Crippen LogP contribution in [0.4, 0.5) is 5.13 Å². The molecular weight excluding hydrogens is 368 g/mol. The first kappa shape index (κ1) is 15.6. The van der Waals surface area contributed by atoms with Gasteiger partial charge in [-0.2, -0.15) is 23.5 Å². The molecule has 0 spiro atoms. The number of halogens is 1. The maximum Gasteiger partial charge on any atom is 0.214 e. The van der Waals surface area contributed by atoms with Crippen LogP contribution >= 0.6 is 46.5 Å². The lowest BCUT2D eigenvalue weighted by Gasteiger charge is -2.20. The third-order valence-electron chi connectivity index (χ3n) is 3.55. The van der Waals surface area contributed by atoms with E-state index in [9.17, 15) is 0 Å². The summed E-state index contributed by atoms with van der Waals surface area (Å²) in [5.41, 5.74) is 1.98. The van der Waals surface area contributed by atoms with Crippen molar-refractivity contribution in [2.24, 2.45) is 0 Å². The summed E-state index contributed by atoms with van der Waals surface area (Å²) in [5, 5.41) is 10.4. The molecule has 8 heteroatoms. The highest BCUT2D eigenvalue weighted by Crippen LogP contribution is 2.27. The van der Waals surface area contributed by atoms with E-state index >= 15 is 0 Å². The van der Waals surface area contributed by atoms with Crippen molar-refractivity contribution in [3.05, 3.63) is 35.5 Å². The molecule has 23 heavy (non-hydrogen) atoms. The fourth-order valence-corrected chi connectivity index (χ4v) is 5.91. The molecule has 3 aromatic rings. The summed E-state index contributed by atoms with van der Waals surface area (Å²) < 4.78 is 1.85. The third-order valence-corrected chi connectivity index (χ3v) is 7.53. The zero-order valence-electron chi connectivity index (χ0n) is 12.2. The molecule has 1 unspecified atom stereocenters. The number of aromatic nitrogens is 3. The van der Waals surface area contributed by atoms with Gasteiger partial charge in [0.05, 0.1) is 11.9 Å². The summed E-state index contributed by atoms with van der Waals surface area (Å²) in [7, 11) is 0. The van der Waals surface area contributed by atoms with Crippen molar-refractivity contribution in [3.8, 4) is 11.3 Å². The highest BCUT2D eigenvalue weighted by atomic mass is 35.5. The van der Waals surface area contributed by atoms with Crippen LogP contribution in [-0.4, -0.2) is 43.7 Å². The van der Waals surface area contributed by atoms with Gasteiger partial charge in [0.1, 0.15) is 0 Å². The average molecular weight is 383 g/mol. The summed E-state index contributed by atoms with van der Waals surface area (Å²) >= 11 is 11.6. The maximum atomic E-state index is 5.93. The minimum atomic E-state index is 0.676. The van der Waals surface area contributed by atoms with E-state index in [1.807, 2.05) is 46.7 Å². The lowest BCUT2D eigenvalue weighted by Crippen LogP contribution is -2.23. The van der Waals surface area contributed by atoms with E-state index in [2.05, 4.69) is 27.2 Å². The van der Waals surface area contributed by atoms with Gasteiger partial charge in [-0.3, -0.25) is 0 Å². The maximum absolute atomic E-state index is 5.93. The van der Waals surface area contributed by atoms with Crippen LogP contribution in [0.3, 0.4) is 0 Å². The van der Waals surface area contributed by atoms with E-state index in [0.29, 0.717) is 5.25 Å². The fraction of sp³-hybridized carbons (Fsp3) is 0.333. The van der Waals surface area contributed by atoms with Crippen molar-refractivity contribution in [1.29, 1.82) is 0 Å². The van der Waals surface area contributed by atoms with Gasteiger partial charge < -0.3 is 5.32 Å². The molecular formula is C15H15ClN4S3. The quantitative estimate of drug-likeness (QED) is 0.725. The van der Waals surface area contributed by atoms with Crippen molar-refractivity contribution in [2.75, 3.05) is 29.1 Å². The Labute approximate surface area is 152 Å². The van der Waals surface area contributed by atoms with Crippen LogP contribution in [0.15, 0.2) is 30.5 Å². The zero-order chi connectivity index (χ0) is 15.6. The Hall–Kier alpha value is -0.890. The van der Waals surface area contributed by atoms with Gasteiger partial charge in [0.2, 0.25) is 10.1 Å². The number of nitrogens with one attached hydrogen (secondary N) is 1. The average Bonchev–Trinajstić information content (AvgIpc) is 3.13. The number of anilines is 1. The van der Waals surface area contributed by atoms with Gasteiger partial charge in [-0.1, -0.05) is 35.1 Å². The van der Waals surface area contributed by atoms with Gasteiger partial charge >= 0.3 is 0 Å². The van der Waals surface area contributed by atoms with Gasteiger partial charge in [0, 0.05) is 39.6 Å². The van der Waals surface area contributed by atoms with Crippen molar-refractivity contribution >= 4 is 56.6 Å². The molecule has 0 aliphatic carbocycles. The molecule has 2 aromatic heterocycles. The first-order valence-electron chi connectivity index (χ1n) is 7.33. The molecule has 1 saturated heterocycles. The van der Waals surface area contributed by atoms with Crippen LogP contribution < -0.4 is 5.32 Å². The lowest BCUT2D eigenvalue weighted by atomic mass is 10.2. The Morgan fingerprint density at radius 3 is 2.87 bits per heavy atom. The SMILES string of the molecule is Clc1ccc(-c2cn3nc(NCC4CSCCS4)sc3n2)cc1. The highest BCUT2D eigenvalue weighted by molar-refractivity contribution is 8.06. The predicted molar refractivity (Wildman–Crippen MR) is 103 cm³/mol. The smallest absolute Gasteiger partial charge is 0.214 e. The second-order valence-corrected chi connectivity index (χ2v) is 9.17. The van der Waals surface area contributed by atoms with Crippen LogP contribution in [0.2, 0.25) is 5.02 Å². The van der Waals surface area contributed by atoms with E-state index in [0.717, 1.165) is 32.9 Å². The molecule has 0 saturated carbocycles. The standard InChI is InChI=1S/C15H15ClN4S3/c16-11-3-1-10(2-4-11)13-8-20-15(18-13)23-14(19-20)17-7-12-9-21-5-6-22-12/h1-4,8,12H,5-7,9H2,(H,17,19). The van der Waals surface area contributed by atoms with Gasteiger partial charge in [-0.15, -0.1) is 5.10 Å². The molecule has 1 aliphatic rings. The van der Waals surface area contributed by atoms with Gasteiger partial charge in [0.15, 0.2) is 0 Å². The van der Waals surface area contributed by atoms with Crippen LogP contribution in [0.5, 0.6) is 0 Å². The topological polar surface area (TPSA) is 42.2 Å². The van der Waals surface area contributed by atoms with E-state index in [-0.39, 0.29) is 0 Å². The molecule has 1 aliphatic heterocycles. The molecule has 1 atom stereocenters. The largest absolute Gasteiger partial charge is 0.359 e. The van der Waals surface area contributed by atoms with Crippen molar-refractivity contribution in [1.82, 2.24) is 14.6 Å². The number of nitrogens with zero attached hydrogens (tertiary/aromatic N) is 3. The molecule has 3 heterocycles. The minimum absolute atomic E-state index is 0.676. The number of thioether (sulfide) groups is 2. The van der Waals surface area contributed by atoms with E-state index in [1.165, 1.54) is 17.3 Å². The van der Waals surface area contributed by atoms with Gasteiger partial charge in [-0.25, -0.2) is 9.50 Å². The Morgan fingerprint density at radius 2 is 2.13 bits per heavy atom. The molecule has 120 valence electrons. The number of fused-ring (bicyclic) bond motifs is 1. The van der Waals surface area contributed by atoms with Crippen LogP contribution in [-0.2, 0) is 0 Å². The van der Waals surface area contributed by atoms with Crippen molar-refractivity contribution in [3.63, 3.8) is 0 Å². The second kappa shape index (κ2) is 6.93. The second-order valence-electron chi connectivity index (χ2n) is 5.22. The molecule has 4 nitrogen and oxygen atoms in total. The van der Waals surface area contributed by atoms with E-state index in [1.54, 1.807) is 11.3 Å². The Morgan fingerprint density at radius 1 is 1.26 bits per heavy atom. The molecule has 0 amide bonds. The highest BCUT2D eigenvalue weighted by Gasteiger charge is 2.15. The molecule has 1 fully saturated rings. The number of imidazole rings is 1. The van der Waals surface area contributed by atoms with E-state index < -0.39 is 0 Å². The summed E-state index contributed by atoms with van der Waals surface area (Å²) in [4.78, 5) is 5.56. The summed E-state index contributed by atoms with van der Waals surface area (Å²) in [5.74, 6) is 3.75. The number of rotatable bonds is 4. The van der Waals surface area contributed by atoms with Gasteiger partial charge in [-0.05, 0) is 12.1 Å². The van der Waals surface area contributed by atoms with Crippen LogP contribution in [0.1, 0.15) is 0 Å². The molecule has 0 bridgehead atoms. The monoisotopic (exact) mass is 382 g/mol. The molecule has 0 radical (unpaired) electrons. The normalized spacial score (nSPS) is 18.4. The molecule has 1 aromatic carbocycles. The molecule has 4 rings (SSSR count). The first-order chi connectivity index (χ1) is 11.3. The van der Waals surface area contributed by atoms with Crippen molar-refractivity contribution in [2.45, 2.75) is 5.25 Å². The third kappa shape index (κ3) is 3.63. The van der Waals surface area contributed by atoms with Gasteiger partial charge in [0.25, 0.3) is 0 Å². The summed E-state index contributed by atoms with van der Waals surface area (Å²) in [6.45, 7) is 0.971. The Kier molecular flexibility index (Phi) is 4.71. The van der Waals surface area contributed by atoms with E-state index in [4.69, 9.17) is 11.6 Å².